The zero-order valence-corrected chi connectivity index (χ0v) is 36.8. The number of rotatable bonds is 22. The molecule has 0 fully saturated rings. The highest BCUT2D eigenvalue weighted by Crippen LogP contribution is 2.57. The lowest BCUT2D eigenvalue weighted by molar-refractivity contribution is -0.122. The van der Waals surface area contributed by atoms with Gasteiger partial charge in [-0.2, -0.15) is 0 Å². The molecule has 2 aliphatic heterocycles. The summed E-state index contributed by atoms with van der Waals surface area (Å²) in [6.07, 6.45) is 8.78. The lowest BCUT2D eigenvalue weighted by Gasteiger charge is -2.37. The summed E-state index contributed by atoms with van der Waals surface area (Å²) in [5.41, 5.74) is 3.19. The normalized spacial score (nSPS) is 15.7. The fourth-order valence-corrected chi connectivity index (χ4v) is 7.56. The Morgan fingerprint density at radius 2 is 1.25 bits per heavy atom. The first-order valence-electron chi connectivity index (χ1n) is 21.7. The van der Waals surface area contributed by atoms with Crippen molar-refractivity contribution in [2.75, 3.05) is 110 Å². The number of benzene rings is 3. The van der Waals surface area contributed by atoms with Crippen LogP contribution in [0.5, 0.6) is 11.5 Å². The molecule has 0 saturated heterocycles. The Hall–Kier alpha value is -5.68. The van der Waals surface area contributed by atoms with Gasteiger partial charge in [0.05, 0.1) is 58.4 Å². The number of hydrogen-bond donors (Lipinski definition) is 3. The third-order valence-electron chi connectivity index (χ3n) is 10.9. The summed E-state index contributed by atoms with van der Waals surface area (Å²) in [5.74, 6) is 0.0142. The molecular weight excluding hydrogens is 811 g/mol. The number of esters is 1. The first kappa shape index (κ1) is 46.8. The van der Waals surface area contributed by atoms with Gasteiger partial charge in [-0.15, -0.1) is 0 Å². The maximum atomic E-state index is 13.6. The standard InChI is InChI=1S/C47H61N5O11/c1-51(2)34-13-16-39-41(31-34)62-42-32-35(52(3)4)14-17-40(42)47(39)38-15-12-33(30-37(38)45(55)63-47)44(54)49-20-19-48-43(53)18-22-57-24-26-59-28-29-60-27-25-58-23-21-50-46(56)61-36-10-8-6-5-7-9-11-36/h5-6,12-17,30-32,36H,7-11,18-29H2,1-4H3,(H,48,53)(H,49,54)(H,50,56). The number of anilines is 2. The molecule has 1 atom stereocenters. The van der Waals surface area contributed by atoms with E-state index in [4.69, 9.17) is 33.2 Å². The largest absolute Gasteiger partial charge is 0.456 e. The molecule has 16 heteroatoms. The van der Waals surface area contributed by atoms with Crippen molar-refractivity contribution in [3.63, 3.8) is 0 Å². The third kappa shape index (κ3) is 12.5. The van der Waals surface area contributed by atoms with E-state index in [1.165, 1.54) is 0 Å². The van der Waals surface area contributed by atoms with Crippen LogP contribution in [0.2, 0.25) is 0 Å². The van der Waals surface area contributed by atoms with E-state index in [1.54, 1.807) is 18.2 Å². The third-order valence-corrected chi connectivity index (χ3v) is 10.9. The van der Waals surface area contributed by atoms with E-state index in [9.17, 15) is 19.2 Å². The lowest BCUT2D eigenvalue weighted by atomic mass is 9.77. The van der Waals surface area contributed by atoms with Crippen molar-refractivity contribution in [3.8, 4) is 11.5 Å². The molecular formula is C47H61N5O11. The summed E-state index contributed by atoms with van der Waals surface area (Å²) < 4.78 is 40.3. The summed E-state index contributed by atoms with van der Waals surface area (Å²) in [6.45, 7) is 3.66. The zero-order chi connectivity index (χ0) is 44.6. The molecule has 2 heterocycles. The number of amides is 3. The molecule has 3 aliphatic rings. The molecule has 63 heavy (non-hydrogen) atoms. The number of fused-ring (bicyclic) bond motifs is 6. The van der Waals surface area contributed by atoms with Crippen LogP contribution in [-0.2, 0) is 38.8 Å². The Balaban J connectivity index is 0.829. The second-order valence-corrected chi connectivity index (χ2v) is 15.8. The number of allylic oxidation sites excluding steroid dienone is 2. The Labute approximate surface area is 369 Å². The average Bonchev–Trinajstić information content (AvgIpc) is 3.55. The van der Waals surface area contributed by atoms with Crippen LogP contribution in [0, 0.1) is 0 Å². The molecule has 0 radical (unpaired) electrons. The fourth-order valence-electron chi connectivity index (χ4n) is 7.56. The van der Waals surface area contributed by atoms with Gasteiger partial charge in [0.15, 0.2) is 5.60 Å². The van der Waals surface area contributed by atoms with Gasteiger partial charge in [-0.25, -0.2) is 9.59 Å². The smallest absolute Gasteiger partial charge is 0.407 e. The first-order valence-corrected chi connectivity index (χ1v) is 21.7. The zero-order valence-electron chi connectivity index (χ0n) is 36.8. The minimum Gasteiger partial charge on any atom is -0.456 e. The Bertz CT molecular complexity index is 2020. The summed E-state index contributed by atoms with van der Waals surface area (Å²) in [6, 6.07) is 16.6. The summed E-state index contributed by atoms with van der Waals surface area (Å²) in [5, 5.41) is 8.32. The molecule has 3 aromatic rings. The fraction of sp³-hybridized carbons (Fsp3) is 0.489. The van der Waals surface area contributed by atoms with Gasteiger partial charge in [-0.1, -0.05) is 18.2 Å². The molecule has 16 nitrogen and oxygen atoms in total. The van der Waals surface area contributed by atoms with E-state index < -0.39 is 17.7 Å². The van der Waals surface area contributed by atoms with Crippen LogP contribution in [0.15, 0.2) is 66.7 Å². The number of nitrogens with zero attached hydrogens (tertiary/aromatic N) is 2. The average molecular weight is 872 g/mol. The van der Waals surface area contributed by atoms with Crippen molar-refractivity contribution in [2.24, 2.45) is 0 Å². The summed E-state index contributed by atoms with van der Waals surface area (Å²) in [7, 11) is 7.78. The monoisotopic (exact) mass is 871 g/mol. The topological polar surface area (TPSA) is 175 Å². The van der Waals surface area contributed by atoms with Crippen molar-refractivity contribution in [3.05, 3.63) is 94.6 Å². The molecule has 1 unspecified atom stereocenters. The van der Waals surface area contributed by atoms with Gasteiger partial charge in [0.2, 0.25) is 5.91 Å². The van der Waals surface area contributed by atoms with Gasteiger partial charge in [0, 0.05) is 100 Å². The van der Waals surface area contributed by atoms with Crippen LogP contribution in [-0.4, -0.2) is 131 Å². The van der Waals surface area contributed by atoms with Gasteiger partial charge in [0.25, 0.3) is 5.91 Å². The van der Waals surface area contributed by atoms with Gasteiger partial charge in [-0.3, -0.25) is 9.59 Å². The SMILES string of the molecule is CN(C)c1ccc2c(c1)Oc1cc(N(C)C)ccc1C21OC(=O)c2cc(C(=O)NCCNC(=O)CCOCCOCCOCCOCCNC(=O)OC3CCC=CCCC3)ccc21. The molecule has 3 aromatic carbocycles. The minimum atomic E-state index is -1.26. The van der Waals surface area contributed by atoms with E-state index >= 15 is 0 Å². The maximum absolute atomic E-state index is 13.6. The summed E-state index contributed by atoms with van der Waals surface area (Å²) in [4.78, 5) is 55.1. The van der Waals surface area contributed by atoms with Crippen molar-refractivity contribution in [1.29, 1.82) is 0 Å². The van der Waals surface area contributed by atoms with Crippen LogP contribution >= 0.6 is 0 Å². The van der Waals surface area contributed by atoms with Crippen molar-refractivity contribution in [1.82, 2.24) is 16.0 Å². The second-order valence-electron chi connectivity index (χ2n) is 15.8. The predicted octanol–water partition coefficient (Wildman–Crippen LogP) is 5.30. The number of carbonyl (C=O) groups is 4. The molecule has 0 bridgehead atoms. The van der Waals surface area contributed by atoms with E-state index in [0.717, 1.165) is 43.5 Å². The van der Waals surface area contributed by atoms with Crippen LogP contribution in [0.1, 0.15) is 75.9 Å². The van der Waals surface area contributed by atoms with Crippen LogP contribution < -0.4 is 30.5 Å². The van der Waals surface area contributed by atoms with Gasteiger partial charge in [0.1, 0.15) is 17.6 Å². The maximum Gasteiger partial charge on any atom is 0.407 e. The number of carbonyl (C=O) groups excluding carboxylic acids is 4. The molecule has 1 aliphatic carbocycles. The van der Waals surface area contributed by atoms with Crippen LogP contribution in [0.4, 0.5) is 16.2 Å². The van der Waals surface area contributed by atoms with Crippen LogP contribution in [0.25, 0.3) is 0 Å². The van der Waals surface area contributed by atoms with E-state index in [-0.39, 0.29) is 44.0 Å². The van der Waals surface area contributed by atoms with Gasteiger partial charge >= 0.3 is 12.1 Å². The predicted molar refractivity (Wildman–Crippen MR) is 237 cm³/mol. The van der Waals surface area contributed by atoms with Crippen molar-refractivity contribution < 1.29 is 52.3 Å². The second kappa shape index (κ2) is 23.1. The van der Waals surface area contributed by atoms with E-state index in [1.807, 2.05) is 74.4 Å². The molecule has 1 spiro atoms. The van der Waals surface area contributed by atoms with Crippen molar-refractivity contribution in [2.45, 2.75) is 50.2 Å². The first-order chi connectivity index (χ1) is 30.6. The van der Waals surface area contributed by atoms with Crippen LogP contribution in [0.3, 0.4) is 0 Å². The number of hydrogen-bond acceptors (Lipinski definition) is 13. The highest BCUT2D eigenvalue weighted by molar-refractivity contribution is 6.01. The number of alkyl carbamates (subject to hydrolysis) is 1. The minimum absolute atomic E-state index is 0.0359. The highest BCUT2D eigenvalue weighted by atomic mass is 16.6. The molecule has 3 N–H and O–H groups in total. The van der Waals surface area contributed by atoms with Crippen molar-refractivity contribution >= 4 is 35.3 Å². The lowest BCUT2D eigenvalue weighted by Crippen LogP contribution is -2.35. The Kier molecular flexibility index (Phi) is 17.2. The molecule has 3 amide bonds. The molecule has 6 rings (SSSR count). The van der Waals surface area contributed by atoms with Gasteiger partial charge in [-0.05, 0) is 68.5 Å². The quantitative estimate of drug-likeness (QED) is 0.0675. The Morgan fingerprint density at radius 3 is 1.90 bits per heavy atom. The molecule has 340 valence electrons. The Morgan fingerprint density at radius 1 is 0.667 bits per heavy atom. The highest BCUT2D eigenvalue weighted by Gasteiger charge is 2.53. The molecule has 0 saturated carbocycles. The number of ether oxygens (including phenoxy) is 7. The van der Waals surface area contributed by atoms with E-state index in [0.29, 0.717) is 92.1 Å². The number of nitrogens with one attached hydrogen (secondary N) is 3. The van der Waals surface area contributed by atoms with E-state index in [2.05, 4.69) is 28.1 Å². The van der Waals surface area contributed by atoms with Gasteiger partial charge < -0.3 is 58.9 Å². The molecule has 0 aromatic heterocycles. The summed E-state index contributed by atoms with van der Waals surface area (Å²) >= 11 is 0.